The second-order valence-electron chi connectivity index (χ2n) is 7.86. The maximum absolute atomic E-state index is 12.3. The average molecular weight is 323 g/mol. The van der Waals surface area contributed by atoms with E-state index in [-0.39, 0.29) is 5.60 Å². The summed E-state index contributed by atoms with van der Waals surface area (Å²) in [5.41, 5.74) is -0.113. The third-order valence-electron chi connectivity index (χ3n) is 6.08. The lowest BCUT2D eigenvalue weighted by molar-refractivity contribution is -0.205. The first-order valence-corrected chi connectivity index (χ1v) is 9.36. The molecule has 0 N–H and O–H groups in total. The van der Waals surface area contributed by atoms with E-state index in [2.05, 4.69) is 0 Å². The molecule has 5 heteroatoms. The van der Waals surface area contributed by atoms with Gasteiger partial charge in [0.2, 0.25) is 5.91 Å². The quantitative estimate of drug-likeness (QED) is 0.794. The van der Waals surface area contributed by atoms with E-state index >= 15 is 0 Å². The lowest BCUT2D eigenvalue weighted by Gasteiger charge is -2.54. The summed E-state index contributed by atoms with van der Waals surface area (Å²) in [5.74, 6) is 1.31. The number of rotatable bonds is 4. The number of likely N-dealkylation sites (tertiary alicyclic amines) is 1. The van der Waals surface area contributed by atoms with Crippen molar-refractivity contribution >= 4 is 5.91 Å². The molecule has 0 aromatic rings. The number of hydrogen-bond donors (Lipinski definition) is 0. The maximum Gasteiger partial charge on any atom is 0.225 e. The summed E-state index contributed by atoms with van der Waals surface area (Å²) in [7, 11) is 0. The molecular weight excluding hydrogens is 294 g/mol. The Morgan fingerprint density at radius 1 is 1.09 bits per heavy atom. The number of ether oxygens (including phenoxy) is 3. The normalized spacial score (nSPS) is 31.7. The molecule has 4 rings (SSSR count). The number of carbonyl (C=O) groups excluding carboxylic acids is 1. The van der Waals surface area contributed by atoms with E-state index < -0.39 is 0 Å². The first-order valence-electron chi connectivity index (χ1n) is 9.36. The molecule has 4 fully saturated rings. The molecule has 1 spiro atoms. The van der Waals surface area contributed by atoms with Crippen LogP contribution in [0.15, 0.2) is 0 Å². The molecule has 0 radical (unpaired) electrons. The third-order valence-corrected chi connectivity index (χ3v) is 6.08. The SMILES string of the molecule is O=C(C1CCC1)N1CC2(CC(OCC3CCOCC3)CCO2)C1. The lowest BCUT2D eigenvalue weighted by atomic mass is 9.80. The summed E-state index contributed by atoms with van der Waals surface area (Å²) < 4.78 is 17.6. The van der Waals surface area contributed by atoms with Crippen LogP contribution in [-0.2, 0) is 19.0 Å². The van der Waals surface area contributed by atoms with Gasteiger partial charge in [0.05, 0.1) is 19.2 Å². The second kappa shape index (κ2) is 6.69. The van der Waals surface area contributed by atoms with E-state index in [0.29, 0.717) is 23.8 Å². The van der Waals surface area contributed by atoms with Crippen LogP contribution in [0.3, 0.4) is 0 Å². The van der Waals surface area contributed by atoms with Gasteiger partial charge in [0.15, 0.2) is 0 Å². The fraction of sp³-hybridized carbons (Fsp3) is 0.944. The monoisotopic (exact) mass is 323 g/mol. The highest BCUT2D eigenvalue weighted by atomic mass is 16.5. The Labute approximate surface area is 138 Å². The highest BCUT2D eigenvalue weighted by Gasteiger charge is 2.50. The molecule has 1 aliphatic carbocycles. The maximum atomic E-state index is 12.3. The van der Waals surface area contributed by atoms with Crippen LogP contribution in [0.5, 0.6) is 0 Å². The predicted octanol–water partition coefficient (Wildman–Crippen LogP) is 1.99. The van der Waals surface area contributed by atoms with Crippen molar-refractivity contribution in [2.45, 2.75) is 56.7 Å². The molecule has 4 aliphatic rings. The minimum Gasteiger partial charge on any atom is -0.381 e. The summed E-state index contributed by atoms with van der Waals surface area (Å²) in [6, 6.07) is 0. The van der Waals surface area contributed by atoms with E-state index in [1.807, 2.05) is 4.90 Å². The van der Waals surface area contributed by atoms with Gasteiger partial charge in [-0.3, -0.25) is 4.79 Å². The lowest BCUT2D eigenvalue weighted by Crippen LogP contribution is -2.68. The zero-order valence-electron chi connectivity index (χ0n) is 14.0. The van der Waals surface area contributed by atoms with Crippen LogP contribution < -0.4 is 0 Å². The fourth-order valence-corrected chi connectivity index (χ4v) is 4.25. The number of carbonyl (C=O) groups is 1. The topological polar surface area (TPSA) is 48.0 Å². The van der Waals surface area contributed by atoms with Crippen LogP contribution in [0.1, 0.15) is 44.9 Å². The highest BCUT2D eigenvalue weighted by Crippen LogP contribution is 2.38. The molecule has 1 saturated carbocycles. The van der Waals surface area contributed by atoms with Crippen LogP contribution in [0.2, 0.25) is 0 Å². The molecular formula is C18H29NO4. The van der Waals surface area contributed by atoms with Gasteiger partial charge in [0.1, 0.15) is 5.60 Å². The van der Waals surface area contributed by atoms with E-state index in [9.17, 15) is 4.79 Å². The van der Waals surface area contributed by atoms with Gasteiger partial charge >= 0.3 is 0 Å². The molecule has 5 nitrogen and oxygen atoms in total. The van der Waals surface area contributed by atoms with Crippen molar-refractivity contribution in [3.8, 4) is 0 Å². The van der Waals surface area contributed by atoms with Crippen molar-refractivity contribution in [3.05, 3.63) is 0 Å². The summed E-state index contributed by atoms with van der Waals surface area (Å²) in [6.07, 6.45) is 7.86. The van der Waals surface area contributed by atoms with Gasteiger partial charge in [0.25, 0.3) is 0 Å². The van der Waals surface area contributed by atoms with Crippen LogP contribution in [-0.4, -0.2) is 62.0 Å². The Morgan fingerprint density at radius 3 is 2.57 bits per heavy atom. The van der Waals surface area contributed by atoms with Crippen molar-refractivity contribution in [1.82, 2.24) is 4.90 Å². The molecule has 23 heavy (non-hydrogen) atoms. The van der Waals surface area contributed by atoms with Crippen molar-refractivity contribution in [2.24, 2.45) is 11.8 Å². The summed E-state index contributed by atoms with van der Waals surface area (Å²) in [6.45, 7) is 4.94. The molecule has 3 saturated heterocycles. The van der Waals surface area contributed by atoms with E-state index in [0.717, 1.165) is 78.0 Å². The van der Waals surface area contributed by atoms with E-state index in [1.165, 1.54) is 6.42 Å². The molecule has 3 aliphatic heterocycles. The minimum absolute atomic E-state index is 0.113. The van der Waals surface area contributed by atoms with E-state index in [1.54, 1.807) is 0 Å². The average Bonchev–Trinajstić information content (AvgIpc) is 2.50. The summed E-state index contributed by atoms with van der Waals surface area (Å²) >= 11 is 0. The number of hydrogen-bond acceptors (Lipinski definition) is 4. The van der Waals surface area contributed by atoms with Crippen molar-refractivity contribution in [3.63, 3.8) is 0 Å². The first-order chi connectivity index (χ1) is 11.2. The van der Waals surface area contributed by atoms with E-state index in [4.69, 9.17) is 14.2 Å². The standard InChI is InChI=1S/C18H29NO4/c20-17(15-2-1-3-15)19-12-18(13-19)10-16(6-9-23-18)22-11-14-4-7-21-8-5-14/h14-16H,1-13H2. The van der Waals surface area contributed by atoms with Gasteiger partial charge in [0, 0.05) is 38.8 Å². The molecule has 1 amide bonds. The number of nitrogens with zero attached hydrogens (tertiary/aromatic N) is 1. The molecule has 3 heterocycles. The van der Waals surface area contributed by atoms with Crippen molar-refractivity contribution in [2.75, 3.05) is 39.5 Å². The molecule has 1 atom stereocenters. The summed E-state index contributed by atoms with van der Waals surface area (Å²) in [5, 5.41) is 0. The Morgan fingerprint density at radius 2 is 1.87 bits per heavy atom. The van der Waals surface area contributed by atoms with Gasteiger partial charge < -0.3 is 19.1 Å². The van der Waals surface area contributed by atoms with Gasteiger partial charge in [-0.15, -0.1) is 0 Å². The van der Waals surface area contributed by atoms with Crippen LogP contribution in [0.4, 0.5) is 0 Å². The number of amides is 1. The Hall–Kier alpha value is -0.650. The highest BCUT2D eigenvalue weighted by molar-refractivity contribution is 5.80. The molecule has 0 bridgehead atoms. The largest absolute Gasteiger partial charge is 0.381 e. The molecule has 1 unspecified atom stereocenters. The molecule has 130 valence electrons. The Bertz CT molecular complexity index is 425. The van der Waals surface area contributed by atoms with Crippen LogP contribution in [0, 0.1) is 11.8 Å². The Balaban J connectivity index is 1.22. The van der Waals surface area contributed by atoms with Crippen LogP contribution >= 0.6 is 0 Å². The molecule has 0 aromatic heterocycles. The minimum atomic E-state index is -0.113. The molecule has 0 aromatic carbocycles. The summed E-state index contributed by atoms with van der Waals surface area (Å²) in [4.78, 5) is 14.3. The first kappa shape index (κ1) is 15.9. The van der Waals surface area contributed by atoms with Gasteiger partial charge in [-0.25, -0.2) is 0 Å². The van der Waals surface area contributed by atoms with Gasteiger partial charge in [-0.05, 0) is 38.0 Å². The van der Waals surface area contributed by atoms with Crippen molar-refractivity contribution in [1.29, 1.82) is 0 Å². The Kier molecular flexibility index (Phi) is 4.61. The van der Waals surface area contributed by atoms with Gasteiger partial charge in [-0.1, -0.05) is 6.42 Å². The second-order valence-corrected chi connectivity index (χ2v) is 7.86. The predicted molar refractivity (Wildman–Crippen MR) is 85.1 cm³/mol. The van der Waals surface area contributed by atoms with Crippen molar-refractivity contribution < 1.29 is 19.0 Å². The van der Waals surface area contributed by atoms with Crippen LogP contribution in [0.25, 0.3) is 0 Å². The zero-order valence-corrected chi connectivity index (χ0v) is 14.0. The smallest absolute Gasteiger partial charge is 0.225 e. The third kappa shape index (κ3) is 3.42. The fourth-order valence-electron chi connectivity index (χ4n) is 4.25. The van der Waals surface area contributed by atoms with Gasteiger partial charge in [-0.2, -0.15) is 0 Å². The zero-order chi connectivity index (χ0) is 15.7.